The number of hydrogen-bond donors (Lipinski definition) is 2. The lowest BCUT2D eigenvalue weighted by Crippen LogP contribution is -2.50. The van der Waals surface area contributed by atoms with Gasteiger partial charge in [-0.25, -0.2) is 0 Å². The summed E-state index contributed by atoms with van der Waals surface area (Å²) in [4.78, 5) is 11.1. The summed E-state index contributed by atoms with van der Waals surface area (Å²) in [6.45, 7) is 8.62. The van der Waals surface area contributed by atoms with Gasteiger partial charge in [0.1, 0.15) is 0 Å². The SMILES string of the molecule is CCOC(=O)CCB(O)OC(C)(C)C(C)(C)O. The van der Waals surface area contributed by atoms with Gasteiger partial charge in [-0.15, -0.1) is 0 Å². The highest BCUT2D eigenvalue weighted by Crippen LogP contribution is 2.26. The second-order valence-electron chi connectivity index (χ2n) is 4.99. The number of rotatable bonds is 7. The van der Waals surface area contributed by atoms with E-state index in [1.54, 1.807) is 34.6 Å². The van der Waals surface area contributed by atoms with Gasteiger partial charge < -0.3 is 19.5 Å². The Morgan fingerprint density at radius 3 is 2.24 bits per heavy atom. The Kier molecular flexibility index (Phi) is 6.16. The molecule has 0 aliphatic rings. The van der Waals surface area contributed by atoms with E-state index in [2.05, 4.69) is 0 Å². The van der Waals surface area contributed by atoms with E-state index in [0.717, 1.165) is 0 Å². The number of hydrogen-bond acceptors (Lipinski definition) is 5. The van der Waals surface area contributed by atoms with Gasteiger partial charge in [0.05, 0.1) is 17.8 Å². The maximum absolute atomic E-state index is 11.1. The minimum absolute atomic E-state index is 0.0942. The molecule has 0 aliphatic carbocycles. The van der Waals surface area contributed by atoms with Crippen molar-refractivity contribution >= 4 is 13.1 Å². The van der Waals surface area contributed by atoms with Gasteiger partial charge in [-0.2, -0.15) is 0 Å². The molecule has 0 rings (SSSR count). The molecule has 6 heteroatoms. The summed E-state index contributed by atoms with van der Waals surface area (Å²) in [5.41, 5.74) is -1.99. The molecule has 0 saturated heterocycles. The quantitative estimate of drug-likeness (QED) is 0.517. The average Bonchev–Trinajstić information content (AvgIpc) is 2.12. The number of aliphatic hydroxyl groups is 1. The fourth-order valence-corrected chi connectivity index (χ4v) is 1.02. The highest BCUT2D eigenvalue weighted by molar-refractivity contribution is 6.43. The van der Waals surface area contributed by atoms with Crippen LogP contribution in [-0.4, -0.2) is 41.0 Å². The topological polar surface area (TPSA) is 76.0 Å². The van der Waals surface area contributed by atoms with Crippen molar-refractivity contribution in [3.63, 3.8) is 0 Å². The number of ether oxygens (including phenoxy) is 1. The molecule has 0 aromatic rings. The van der Waals surface area contributed by atoms with E-state index >= 15 is 0 Å². The summed E-state index contributed by atoms with van der Waals surface area (Å²) in [5, 5.41) is 19.5. The minimum Gasteiger partial charge on any atom is -0.466 e. The maximum atomic E-state index is 11.1. The van der Waals surface area contributed by atoms with Gasteiger partial charge in [0, 0.05) is 6.42 Å². The van der Waals surface area contributed by atoms with Crippen LogP contribution < -0.4 is 0 Å². The van der Waals surface area contributed by atoms with Crippen LogP contribution in [-0.2, 0) is 14.2 Å². The van der Waals surface area contributed by atoms with E-state index in [1.165, 1.54) is 0 Å². The molecule has 100 valence electrons. The van der Waals surface area contributed by atoms with Crippen molar-refractivity contribution in [3.8, 4) is 0 Å². The van der Waals surface area contributed by atoms with E-state index in [1.807, 2.05) is 0 Å². The lowest BCUT2D eigenvalue weighted by atomic mass is 9.79. The second kappa shape index (κ2) is 6.38. The highest BCUT2D eigenvalue weighted by atomic mass is 16.6. The molecule has 0 radical (unpaired) electrons. The standard InChI is InChI=1S/C11H23BO5/c1-6-16-9(13)7-8-12(15)17-11(4,5)10(2,3)14/h14-15H,6-8H2,1-5H3. The fourth-order valence-electron chi connectivity index (χ4n) is 1.02. The predicted molar refractivity (Wildman–Crippen MR) is 65.5 cm³/mol. The molecule has 0 aromatic heterocycles. The van der Waals surface area contributed by atoms with Gasteiger partial charge in [0.25, 0.3) is 0 Å². The summed E-state index contributed by atoms with van der Waals surface area (Å²) in [6.07, 6.45) is 0.245. The van der Waals surface area contributed by atoms with Crippen molar-refractivity contribution in [1.82, 2.24) is 0 Å². The molecule has 0 spiro atoms. The van der Waals surface area contributed by atoms with Gasteiger partial charge in [-0.3, -0.25) is 4.79 Å². The molecule has 0 fully saturated rings. The van der Waals surface area contributed by atoms with E-state index in [-0.39, 0.29) is 18.7 Å². The van der Waals surface area contributed by atoms with Crippen LogP contribution >= 0.6 is 0 Å². The smallest absolute Gasteiger partial charge is 0.455 e. The third-order valence-electron chi connectivity index (χ3n) is 2.80. The van der Waals surface area contributed by atoms with Crippen LogP contribution in [0.3, 0.4) is 0 Å². The zero-order valence-electron chi connectivity index (χ0n) is 11.3. The monoisotopic (exact) mass is 246 g/mol. The van der Waals surface area contributed by atoms with Gasteiger partial charge in [-0.05, 0) is 40.9 Å². The lowest BCUT2D eigenvalue weighted by Gasteiger charge is -2.38. The zero-order valence-corrected chi connectivity index (χ0v) is 11.3. The molecule has 0 bridgehead atoms. The summed E-state index contributed by atoms with van der Waals surface area (Å²) >= 11 is 0. The largest absolute Gasteiger partial charge is 0.466 e. The lowest BCUT2D eigenvalue weighted by molar-refractivity contribution is -0.142. The van der Waals surface area contributed by atoms with E-state index in [4.69, 9.17) is 9.39 Å². The third kappa shape index (κ3) is 6.05. The Labute approximate surface area is 103 Å². The first-order chi connectivity index (χ1) is 7.60. The average molecular weight is 246 g/mol. The molecule has 0 aliphatic heterocycles. The Hall–Kier alpha value is -0.585. The summed E-state index contributed by atoms with van der Waals surface area (Å²) < 4.78 is 10.1. The van der Waals surface area contributed by atoms with Crippen molar-refractivity contribution in [1.29, 1.82) is 0 Å². The Balaban J connectivity index is 4.10. The summed E-state index contributed by atoms with van der Waals surface area (Å²) in [6, 6.07) is 0. The number of carbonyl (C=O) groups is 1. The molecule has 0 aromatic carbocycles. The first-order valence-corrected chi connectivity index (χ1v) is 5.84. The Bertz CT molecular complexity index is 247. The summed E-state index contributed by atoms with van der Waals surface area (Å²) in [7, 11) is -1.10. The van der Waals surface area contributed by atoms with E-state index in [9.17, 15) is 14.9 Å². The fraction of sp³-hybridized carbons (Fsp3) is 0.909. The summed E-state index contributed by atoms with van der Waals surface area (Å²) in [5.74, 6) is -0.365. The van der Waals surface area contributed by atoms with Crippen LogP contribution in [0.25, 0.3) is 0 Å². The van der Waals surface area contributed by atoms with Gasteiger partial charge >= 0.3 is 13.1 Å². The molecule has 0 amide bonds. The van der Waals surface area contributed by atoms with Crippen LogP contribution in [0.4, 0.5) is 0 Å². The second-order valence-corrected chi connectivity index (χ2v) is 4.99. The van der Waals surface area contributed by atoms with Crippen molar-refractivity contribution < 1.29 is 24.3 Å². The number of carbonyl (C=O) groups excluding carboxylic acids is 1. The van der Waals surface area contributed by atoms with E-state index in [0.29, 0.717) is 6.61 Å². The Morgan fingerprint density at radius 1 is 1.29 bits per heavy atom. The minimum atomic E-state index is -1.10. The van der Waals surface area contributed by atoms with Gasteiger partial charge in [-0.1, -0.05) is 0 Å². The molecule has 5 nitrogen and oxygen atoms in total. The molecule has 17 heavy (non-hydrogen) atoms. The van der Waals surface area contributed by atoms with Crippen LogP contribution in [0.2, 0.25) is 6.32 Å². The van der Waals surface area contributed by atoms with Crippen molar-refractivity contribution in [3.05, 3.63) is 0 Å². The molecule has 0 saturated carbocycles. The van der Waals surface area contributed by atoms with Gasteiger partial charge in [0.2, 0.25) is 0 Å². The first kappa shape index (κ1) is 16.4. The van der Waals surface area contributed by atoms with Gasteiger partial charge in [0.15, 0.2) is 0 Å². The molecular weight excluding hydrogens is 223 g/mol. The zero-order chi connectivity index (χ0) is 13.7. The Morgan fingerprint density at radius 2 is 1.82 bits per heavy atom. The maximum Gasteiger partial charge on any atom is 0.455 e. The van der Waals surface area contributed by atoms with Crippen molar-refractivity contribution in [2.24, 2.45) is 0 Å². The van der Waals surface area contributed by atoms with E-state index < -0.39 is 18.3 Å². The normalized spacial score (nSPS) is 12.4. The molecular formula is C11H23BO5. The number of esters is 1. The van der Waals surface area contributed by atoms with Crippen LogP contribution in [0.1, 0.15) is 41.0 Å². The predicted octanol–water partition coefficient (Wildman–Crippen LogP) is 0.986. The van der Waals surface area contributed by atoms with Crippen LogP contribution in [0, 0.1) is 0 Å². The molecule has 0 atom stereocenters. The molecule has 0 heterocycles. The molecule has 0 unspecified atom stereocenters. The van der Waals surface area contributed by atoms with Crippen LogP contribution in [0.15, 0.2) is 0 Å². The third-order valence-corrected chi connectivity index (χ3v) is 2.80. The van der Waals surface area contributed by atoms with Crippen molar-refractivity contribution in [2.75, 3.05) is 6.61 Å². The van der Waals surface area contributed by atoms with Crippen molar-refractivity contribution in [2.45, 2.75) is 58.6 Å². The first-order valence-electron chi connectivity index (χ1n) is 5.84. The molecule has 2 N–H and O–H groups in total. The highest BCUT2D eigenvalue weighted by Gasteiger charge is 2.38. The van der Waals surface area contributed by atoms with Crippen LogP contribution in [0.5, 0.6) is 0 Å².